The molecule has 1 aliphatic carbocycles. The molecule has 1 saturated carbocycles. The fourth-order valence-corrected chi connectivity index (χ4v) is 0.731. The van der Waals surface area contributed by atoms with Crippen molar-refractivity contribution in [1.82, 2.24) is 0 Å². The highest BCUT2D eigenvalue weighted by molar-refractivity contribution is 5.74. The van der Waals surface area contributed by atoms with E-state index in [1.165, 1.54) is 0 Å². The molecular formula is C6H8O3. The van der Waals surface area contributed by atoms with E-state index < -0.39 is 12.1 Å². The summed E-state index contributed by atoms with van der Waals surface area (Å²) in [4.78, 5) is 10.0. The summed E-state index contributed by atoms with van der Waals surface area (Å²) < 4.78 is 0. The molecule has 0 radical (unpaired) electrons. The molecule has 0 aromatic carbocycles. The van der Waals surface area contributed by atoms with E-state index in [2.05, 4.69) is 6.58 Å². The Morgan fingerprint density at radius 3 is 2.44 bits per heavy atom. The smallest absolute Gasteiger partial charge is 0.333 e. The van der Waals surface area contributed by atoms with Gasteiger partial charge in [0.05, 0.1) is 0 Å². The van der Waals surface area contributed by atoms with Crippen molar-refractivity contribution in [3.05, 3.63) is 12.2 Å². The Morgan fingerprint density at radius 2 is 2.33 bits per heavy atom. The van der Waals surface area contributed by atoms with Gasteiger partial charge in [0, 0.05) is 5.92 Å². The minimum absolute atomic E-state index is 0.178. The van der Waals surface area contributed by atoms with Crippen LogP contribution in [-0.4, -0.2) is 22.3 Å². The van der Waals surface area contributed by atoms with Gasteiger partial charge in [0.15, 0.2) is 6.10 Å². The molecule has 2 N–H and O–H groups in total. The van der Waals surface area contributed by atoms with Crippen LogP contribution in [0.4, 0.5) is 0 Å². The maximum absolute atomic E-state index is 10.0. The van der Waals surface area contributed by atoms with E-state index in [4.69, 9.17) is 10.2 Å². The lowest BCUT2D eigenvalue weighted by atomic mass is 10.2. The molecule has 3 nitrogen and oxygen atoms in total. The van der Waals surface area contributed by atoms with E-state index in [0.717, 1.165) is 5.57 Å². The van der Waals surface area contributed by atoms with Crippen LogP contribution in [0.15, 0.2) is 12.2 Å². The van der Waals surface area contributed by atoms with Gasteiger partial charge in [-0.2, -0.15) is 0 Å². The van der Waals surface area contributed by atoms with Gasteiger partial charge in [0.1, 0.15) is 0 Å². The monoisotopic (exact) mass is 128 g/mol. The van der Waals surface area contributed by atoms with Crippen LogP contribution in [0.1, 0.15) is 6.42 Å². The highest BCUT2D eigenvalue weighted by Gasteiger charge is 2.38. The lowest BCUT2D eigenvalue weighted by molar-refractivity contribution is -0.147. The van der Waals surface area contributed by atoms with E-state index >= 15 is 0 Å². The molecule has 0 amide bonds. The van der Waals surface area contributed by atoms with Crippen LogP contribution in [0.3, 0.4) is 0 Å². The molecule has 0 saturated heterocycles. The van der Waals surface area contributed by atoms with Crippen molar-refractivity contribution in [2.75, 3.05) is 0 Å². The average Bonchev–Trinajstić information content (AvgIpc) is 2.44. The molecule has 3 heteroatoms. The summed E-state index contributed by atoms with van der Waals surface area (Å²) in [6.07, 6.45) is -0.564. The second-order valence-corrected chi connectivity index (χ2v) is 2.25. The molecule has 0 bridgehead atoms. The number of aliphatic hydroxyl groups excluding tert-OH is 1. The lowest BCUT2D eigenvalue weighted by Crippen LogP contribution is -2.21. The summed E-state index contributed by atoms with van der Waals surface area (Å²) in [6.45, 7) is 3.53. The standard InChI is InChI=1S/C6H8O3/c1-3-2-4(3)5(7)6(8)9/h4-5,7H,1-2H2,(H,8,9)/t4-,5?/m0/s1. The van der Waals surface area contributed by atoms with E-state index in [0.29, 0.717) is 6.42 Å². The van der Waals surface area contributed by atoms with E-state index in [-0.39, 0.29) is 5.92 Å². The Labute approximate surface area is 52.6 Å². The number of carboxylic acid groups (broad SMARTS) is 1. The van der Waals surface area contributed by atoms with Gasteiger partial charge in [-0.3, -0.25) is 0 Å². The van der Waals surface area contributed by atoms with E-state index in [9.17, 15) is 4.79 Å². The second-order valence-electron chi connectivity index (χ2n) is 2.25. The molecular weight excluding hydrogens is 120 g/mol. The summed E-state index contributed by atoms with van der Waals surface area (Å²) in [5.41, 5.74) is 0.838. The minimum atomic E-state index is -1.22. The molecule has 0 spiro atoms. The van der Waals surface area contributed by atoms with Crippen LogP contribution >= 0.6 is 0 Å². The Balaban J connectivity index is 2.45. The van der Waals surface area contributed by atoms with Gasteiger partial charge in [-0.25, -0.2) is 4.79 Å². The zero-order valence-electron chi connectivity index (χ0n) is 4.87. The van der Waals surface area contributed by atoms with Crippen LogP contribution in [0.5, 0.6) is 0 Å². The highest BCUT2D eigenvalue weighted by atomic mass is 16.4. The fourth-order valence-electron chi connectivity index (χ4n) is 0.731. The van der Waals surface area contributed by atoms with Crippen LogP contribution in [0, 0.1) is 5.92 Å². The predicted octanol–water partition coefficient (Wildman–Crippen LogP) is 0.00800. The summed E-state index contributed by atoms with van der Waals surface area (Å²) in [5.74, 6) is -1.33. The van der Waals surface area contributed by atoms with Crippen molar-refractivity contribution in [3.63, 3.8) is 0 Å². The van der Waals surface area contributed by atoms with Crippen LogP contribution in [-0.2, 0) is 4.79 Å². The van der Waals surface area contributed by atoms with Gasteiger partial charge < -0.3 is 10.2 Å². The Bertz CT molecular complexity index is 162. The van der Waals surface area contributed by atoms with Gasteiger partial charge >= 0.3 is 5.97 Å². The zero-order chi connectivity index (χ0) is 7.02. The first-order chi connectivity index (χ1) is 4.13. The van der Waals surface area contributed by atoms with Crippen LogP contribution < -0.4 is 0 Å². The molecule has 1 fully saturated rings. The van der Waals surface area contributed by atoms with Crippen molar-refractivity contribution in [2.24, 2.45) is 5.92 Å². The molecule has 1 rings (SSSR count). The number of hydrogen-bond acceptors (Lipinski definition) is 2. The third kappa shape index (κ3) is 1.10. The molecule has 0 heterocycles. The van der Waals surface area contributed by atoms with E-state index in [1.807, 2.05) is 0 Å². The van der Waals surface area contributed by atoms with Gasteiger partial charge in [0.25, 0.3) is 0 Å². The predicted molar refractivity (Wildman–Crippen MR) is 30.9 cm³/mol. The topological polar surface area (TPSA) is 57.5 Å². The first-order valence-corrected chi connectivity index (χ1v) is 2.71. The summed E-state index contributed by atoms with van der Waals surface area (Å²) in [7, 11) is 0. The summed E-state index contributed by atoms with van der Waals surface area (Å²) in [5, 5.41) is 17.0. The average molecular weight is 128 g/mol. The fraction of sp³-hybridized carbons (Fsp3) is 0.500. The number of hydrogen-bond donors (Lipinski definition) is 2. The Hall–Kier alpha value is -0.830. The SMILES string of the molecule is C=C1C[C@@H]1C(O)C(=O)O. The second kappa shape index (κ2) is 1.84. The Morgan fingerprint density at radius 1 is 1.89 bits per heavy atom. The van der Waals surface area contributed by atoms with Crippen molar-refractivity contribution in [3.8, 4) is 0 Å². The number of aliphatic carboxylic acids is 1. The molecule has 50 valence electrons. The third-order valence-electron chi connectivity index (χ3n) is 1.48. The molecule has 1 unspecified atom stereocenters. The molecule has 0 aromatic rings. The first-order valence-electron chi connectivity index (χ1n) is 2.71. The Kier molecular flexibility index (Phi) is 1.29. The quantitative estimate of drug-likeness (QED) is 0.515. The van der Waals surface area contributed by atoms with Crippen molar-refractivity contribution in [2.45, 2.75) is 12.5 Å². The minimum Gasteiger partial charge on any atom is -0.479 e. The van der Waals surface area contributed by atoms with Gasteiger partial charge in [0.2, 0.25) is 0 Å². The molecule has 0 aliphatic heterocycles. The summed E-state index contributed by atoms with van der Waals surface area (Å²) in [6, 6.07) is 0. The molecule has 9 heavy (non-hydrogen) atoms. The van der Waals surface area contributed by atoms with Crippen molar-refractivity contribution in [1.29, 1.82) is 0 Å². The third-order valence-corrected chi connectivity index (χ3v) is 1.48. The van der Waals surface area contributed by atoms with Gasteiger partial charge in [-0.1, -0.05) is 12.2 Å². The number of aliphatic hydroxyl groups is 1. The molecule has 1 aliphatic rings. The summed E-state index contributed by atoms with van der Waals surface area (Å²) >= 11 is 0. The normalized spacial score (nSPS) is 27.7. The molecule has 0 aromatic heterocycles. The maximum atomic E-state index is 10.0. The number of rotatable bonds is 2. The maximum Gasteiger partial charge on any atom is 0.333 e. The van der Waals surface area contributed by atoms with Crippen LogP contribution in [0.25, 0.3) is 0 Å². The highest BCUT2D eigenvalue weighted by Crippen LogP contribution is 2.38. The molecule has 2 atom stereocenters. The zero-order valence-corrected chi connectivity index (χ0v) is 4.87. The largest absolute Gasteiger partial charge is 0.479 e. The first kappa shape index (κ1) is 6.29. The van der Waals surface area contributed by atoms with Gasteiger partial charge in [-0.05, 0) is 6.42 Å². The van der Waals surface area contributed by atoms with Gasteiger partial charge in [-0.15, -0.1) is 0 Å². The number of carbonyl (C=O) groups is 1. The lowest BCUT2D eigenvalue weighted by Gasteiger charge is -1.98. The van der Waals surface area contributed by atoms with Crippen molar-refractivity contribution >= 4 is 5.97 Å². The van der Waals surface area contributed by atoms with Crippen molar-refractivity contribution < 1.29 is 15.0 Å². The van der Waals surface area contributed by atoms with E-state index in [1.54, 1.807) is 0 Å². The van der Waals surface area contributed by atoms with Crippen LogP contribution in [0.2, 0.25) is 0 Å². The number of carboxylic acids is 1.